The van der Waals surface area contributed by atoms with Crippen molar-refractivity contribution >= 4 is 23.6 Å². The van der Waals surface area contributed by atoms with Crippen molar-refractivity contribution in [1.82, 2.24) is 10.6 Å². The van der Waals surface area contributed by atoms with Crippen molar-refractivity contribution in [3.05, 3.63) is 88.1 Å². The van der Waals surface area contributed by atoms with Gasteiger partial charge in [-0.3, -0.25) is 19.7 Å². The van der Waals surface area contributed by atoms with Gasteiger partial charge in [-0.1, -0.05) is 31.6 Å². The standard InChI is InChI=1S/C23H25N3O5/c1-3-5-14-31-20-11-9-18(10-12-20)22(27)25-21(23(28)24-13-4-2)16-17-7-6-8-19(15-17)26(29)30/h4,6-12,15-16H,2-3,5,13-14H2,1H3,(H,24,28)(H,25,27). The van der Waals surface area contributed by atoms with Crippen LogP contribution in [0.5, 0.6) is 5.75 Å². The van der Waals surface area contributed by atoms with Gasteiger partial charge in [0.25, 0.3) is 17.5 Å². The SMILES string of the molecule is C=CCNC(=O)C(=Cc1cccc([N+](=O)[O-])c1)NC(=O)c1ccc(OCCCC)cc1. The molecular weight excluding hydrogens is 398 g/mol. The molecule has 2 aromatic rings. The first kappa shape index (κ1) is 23.3. The number of carbonyl (C=O) groups is 2. The first-order valence-electron chi connectivity index (χ1n) is 9.84. The quantitative estimate of drug-likeness (QED) is 0.188. The number of hydrogen-bond donors (Lipinski definition) is 2. The second kappa shape index (κ2) is 11.9. The maximum Gasteiger partial charge on any atom is 0.270 e. The summed E-state index contributed by atoms with van der Waals surface area (Å²) in [7, 11) is 0. The van der Waals surface area contributed by atoms with Crippen molar-refractivity contribution in [1.29, 1.82) is 0 Å². The number of unbranched alkanes of at least 4 members (excludes halogenated alkanes) is 1. The third-order valence-electron chi connectivity index (χ3n) is 4.17. The summed E-state index contributed by atoms with van der Waals surface area (Å²) < 4.78 is 5.58. The Bertz CT molecular complexity index is 967. The summed E-state index contributed by atoms with van der Waals surface area (Å²) in [6.45, 7) is 6.41. The zero-order chi connectivity index (χ0) is 22.6. The Morgan fingerprint density at radius 1 is 1.19 bits per heavy atom. The number of hydrogen-bond acceptors (Lipinski definition) is 5. The van der Waals surface area contributed by atoms with Crippen LogP contribution in [0.15, 0.2) is 66.9 Å². The number of benzene rings is 2. The Morgan fingerprint density at radius 2 is 1.94 bits per heavy atom. The number of nitrogens with one attached hydrogen (secondary N) is 2. The molecule has 2 rings (SSSR count). The van der Waals surface area contributed by atoms with Gasteiger partial charge in [0.2, 0.25) is 0 Å². The third-order valence-corrected chi connectivity index (χ3v) is 4.17. The molecule has 162 valence electrons. The minimum absolute atomic E-state index is 0.0457. The molecule has 0 unspecified atom stereocenters. The highest BCUT2D eigenvalue weighted by atomic mass is 16.6. The van der Waals surface area contributed by atoms with E-state index >= 15 is 0 Å². The molecule has 8 nitrogen and oxygen atoms in total. The van der Waals surface area contributed by atoms with Gasteiger partial charge in [0.1, 0.15) is 11.4 Å². The van der Waals surface area contributed by atoms with Gasteiger partial charge in [0, 0.05) is 24.2 Å². The molecule has 0 spiro atoms. The van der Waals surface area contributed by atoms with E-state index < -0.39 is 16.7 Å². The van der Waals surface area contributed by atoms with E-state index in [2.05, 4.69) is 24.1 Å². The van der Waals surface area contributed by atoms with Crippen LogP contribution in [0, 0.1) is 10.1 Å². The van der Waals surface area contributed by atoms with Gasteiger partial charge in [0.15, 0.2) is 0 Å². The van der Waals surface area contributed by atoms with E-state index in [4.69, 9.17) is 4.74 Å². The van der Waals surface area contributed by atoms with Crippen LogP contribution in [0.2, 0.25) is 0 Å². The zero-order valence-corrected chi connectivity index (χ0v) is 17.3. The molecule has 8 heteroatoms. The highest BCUT2D eigenvalue weighted by molar-refractivity contribution is 6.05. The maximum absolute atomic E-state index is 12.7. The predicted molar refractivity (Wildman–Crippen MR) is 119 cm³/mol. The summed E-state index contributed by atoms with van der Waals surface area (Å²) in [5.41, 5.74) is 0.572. The van der Waals surface area contributed by atoms with E-state index in [1.807, 2.05) is 0 Å². The van der Waals surface area contributed by atoms with Crippen molar-refractivity contribution in [3.8, 4) is 5.75 Å². The molecule has 2 aromatic carbocycles. The number of carbonyl (C=O) groups excluding carboxylic acids is 2. The molecular formula is C23H25N3O5. The second-order valence-electron chi connectivity index (χ2n) is 6.59. The molecule has 0 atom stereocenters. The third kappa shape index (κ3) is 7.43. The van der Waals surface area contributed by atoms with E-state index in [0.29, 0.717) is 23.5 Å². The van der Waals surface area contributed by atoms with E-state index in [9.17, 15) is 19.7 Å². The molecule has 31 heavy (non-hydrogen) atoms. The van der Waals surface area contributed by atoms with E-state index in [1.165, 1.54) is 30.4 Å². The van der Waals surface area contributed by atoms with Crippen molar-refractivity contribution < 1.29 is 19.2 Å². The summed E-state index contributed by atoms with van der Waals surface area (Å²) in [5, 5.41) is 16.2. The number of rotatable bonds is 11. The molecule has 0 bridgehead atoms. The summed E-state index contributed by atoms with van der Waals surface area (Å²) in [6, 6.07) is 12.3. The Balaban J connectivity index is 2.21. The van der Waals surface area contributed by atoms with Crippen LogP contribution in [0.1, 0.15) is 35.7 Å². The van der Waals surface area contributed by atoms with Crippen molar-refractivity contribution in [2.75, 3.05) is 13.2 Å². The fourth-order valence-electron chi connectivity index (χ4n) is 2.54. The maximum atomic E-state index is 12.7. The number of ether oxygens (including phenoxy) is 1. The van der Waals surface area contributed by atoms with E-state index in [-0.39, 0.29) is 17.9 Å². The van der Waals surface area contributed by atoms with Gasteiger partial charge in [-0.05, 0) is 42.3 Å². The van der Waals surface area contributed by atoms with Crippen molar-refractivity contribution in [2.45, 2.75) is 19.8 Å². The van der Waals surface area contributed by atoms with Gasteiger partial charge >= 0.3 is 0 Å². The van der Waals surface area contributed by atoms with Crippen LogP contribution >= 0.6 is 0 Å². The van der Waals surface area contributed by atoms with Crippen LogP contribution in [0.25, 0.3) is 6.08 Å². The molecule has 0 aromatic heterocycles. The molecule has 0 aliphatic carbocycles. The lowest BCUT2D eigenvalue weighted by Gasteiger charge is -2.11. The van der Waals surface area contributed by atoms with Crippen LogP contribution in [0.3, 0.4) is 0 Å². The zero-order valence-electron chi connectivity index (χ0n) is 17.3. The van der Waals surface area contributed by atoms with Gasteiger partial charge in [-0.25, -0.2) is 0 Å². The summed E-state index contributed by atoms with van der Waals surface area (Å²) >= 11 is 0. The number of nitro benzene ring substituents is 1. The molecule has 0 heterocycles. The number of amides is 2. The topological polar surface area (TPSA) is 111 Å². The molecule has 0 radical (unpaired) electrons. The summed E-state index contributed by atoms with van der Waals surface area (Å²) in [6.07, 6.45) is 4.84. The minimum atomic E-state index is -0.542. The Morgan fingerprint density at radius 3 is 2.58 bits per heavy atom. The highest BCUT2D eigenvalue weighted by Gasteiger charge is 2.15. The molecule has 0 fully saturated rings. The van der Waals surface area contributed by atoms with E-state index in [1.54, 1.807) is 30.3 Å². The van der Waals surface area contributed by atoms with Crippen LogP contribution < -0.4 is 15.4 Å². The lowest BCUT2D eigenvalue weighted by Crippen LogP contribution is -2.34. The Kier molecular flexibility index (Phi) is 8.97. The average molecular weight is 423 g/mol. The monoisotopic (exact) mass is 423 g/mol. The molecule has 0 aliphatic rings. The van der Waals surface area contributed by atoms with E-state index in [0.717, 1.165) is 12.8 Å². The smallest absolute Gasteiger partial charge is 0.270 e. The van der Waals surface area contributed by atoms with Crippen LogP contribution in [0.4, 0.5) is 5.69 Å². The first-order chi connectivity index (χ1) is 14.9. The second-order valence-corrected chi connectivity index (χ2v) is 6.59. The van der Waals surface area contributed by atoms with Crippen molar-refractivity contribution in [3.63, 3.8) is 0 Å². The molecule has 0 aliphatic heterocycles. The Hall–Kier alpha value is -3.94. The summed E-state index contributed by atoms with van der Waals surface area (Å²) in [5.74, 6) is -0.383. The van der Waals surface area contributed by atoms with Gasteiger partial charge in [0.05, 0.1) is 11.5 Å². The first-order valence-corrected chi connectivity index (χ1v) is 9.84. The average Bonchev–Trinajstić information content (AvgIpc) is 2.77. The van der Waals surface area contributed by atoms with Gasteiger partial charge in [-0.15, -0.1) is 6.58 Å². The van der Waals surface area contributed by atoms with Crippen molar-refractivity contribution in [2.24, 2.45) is 0 Å². The molecule has 0 saturated heterocycles. The normalized spacial score (nSPS) is 10.8. The Labute approximate surface area is 180 Å². The number of nitro groups is 1. The fraction of sp³-hybridized carbons (Fsp3) is 0.217. The molecule has 2 N–H and O–H groups in total. The number of nitrogens with zero attached hydrogens (tertiary/aromatic N) is 1. The molecule has 2 amide bonds. The lowest BCUT2D eigenvalue weighted by atomic mass is 10.1. The van der Waals surface area contributed by atoms with Gasteiger partial charge in [-0.2, -0.15) is 0 Å². The largest absolute Gasteiger partial charge is 0.494 e. The van der Waals surface area contributed by atoms with Gasteiger partial charge < -0.3 is 15.4 Å². The fourth-order valence-corrected chi connectivity index (χ4v) is 2.54. The minimum Gasteiger partial charge on any atom is -0.494 e. The van der Waals surface area contributed by atoms with Crippen LogP contribution in [-0.2, 0) is 4.79 Å². The van der Waals surface area contributed by atoms with Crippen LogP contribution in [-0.4, -0.2) is 29.9 Å². The highest BCUT2D eigenvalue weighted by Crippen LogP contribution is 2.16. The predicted octanol–water partition coefficient (Wildman–Crippen LogP) is 3.85. The molecule has 0 saturated carbocycles. The summed E-state index contributed by atoms with van der Waals surface area (Å²) in [4.78, 5) is 35.6. The number of non-ortho nitro benzene ring substituents is 1. The lowest BCUT2D eigenvalue weighted by molar-refractivity contribution is -0.384.